The molecule has 0 saturated carbocycles. The van der Waals surface area contributed by atoms with Crippen molar-refractivity contribution < 1.29 is 9.72 Å². The number of ketones is 1. The molecule has 114 valence electrons. The zero-order chi connectivity index (χ0) is 15.0. The molecule has 2 aliphatic heterocycles. The summed E-state index contributed by atoms with van der Waals surface area (Å²) in [5.74, 6) is -0.106. The van der Waals surface area contributed by atoms with E-state index in [1.807, 2.05) is 0 Å². The predicted octanol–water partition coefficient (Wildman–Crippen LogP) is 2.53. The number of hydrogen-bond donors (Lipinski definition) is 0. The molecule has 3 heterocycles. The van der Waals surface area contributed by atoms with Crippen molar-refractivity contribution in [1.82, 2.24) is 4.90 Å². The van der Waals surface area contributed by atoms with E-state index in [2.05, 4.69) is 9.80 Å². The summed E-state index contributed by atoms with van der Waals surface area (Å²) in [4.78, 5) is 27.4. The quantitative estimate of drug-likeness (QED) is 0.487. The van der Waals surface area contributed by atoms with E-state index in [9.17, 15) is 14.9 Å². The van der Waals surface area contributed by atoms with Crippen LogP contribution in [0.4, 0.5) is 10.7 Å². The summed E-state index contributed by atoms with van der Waals surface area (Å²) in [5.41, 5.74) is 0.0782. The van der Waals surface area contributed by atoms with E-state index in [0.29, 0.717) is 15.9 Å². The number of carbonyl (C=O) groups is 1. The molecule has 0 N–H and O–H groups in total. The highest BCUT2D eigenvalue weighted by Crippen LogP contribution is 2.39. The van der Waals surface area contributed by atoms with Gasteiger partial charge in [-0.25, -0.2) is 0 Å². The maximum Gasteiger partial charge on any atom is 0.304 e. The first-order valence-corrected chi connectivity index (χ1v) is 8.16. The molecule has 6 nitrogen and oxygen atoms in total. The second-order valence-electron chi connectivity index (χ2n) is 5.75. The van der Waals surface area contributed by atoms with E-state index in [1.165, 1.54) is 37.2 Å². The van der Waals surface area contributed by atoms with Crippen molar-refractivity contribution in [2.75, 3.05) is 31.1 Å². The van der Waals surface area contributed by atoms with Gasteiger partial charge < -0.3 is 4.90 Å². The van der Waals surface area contributed by atoms with E-state index in [4.69, 9.17) is 0 Å². The van der Waals surface area contributed by atoms with E-state index in [-0.39, 0.29) is 16.4 Å². The van der Waals surface area contributed by atoms with E-state index in [1.54, 1.807) is 0 Å². The molecule has 2 aliphatic rings. The summed E-state index contributed by atoms with van der Waals surface area (Å²) in [6.07, 6.45) is 3.65. The molecule has 0 aliphatic carbocycles. The van der Waals surface area contributed by atoms with Crippen LogP contribution in [0.1, 0.15) is 35.9 Å². The van der Waals surface area contributed by atoms with Gasteiger partial charge in [0.05, 0.1) is 9.80 Å². The summed E-state index contributed by atoms with van der Waals surface area (Å²) < 4.78 is 0. The fourth-order valence-electron chi connectivity index (χ4n) is 3.24. The molecule has 0 spiro atoms. The Bertz CT molecular complexity index is 572. The minimum absolute atomic E-state index is 0.0782. The lowest BCUT2D eigenvalue weighted by Gasteiger charge is -2.44. The summed E-state index contributed by atoms with van der Waals surface area (Å²) >= 11 is 1.26. The summed E-state index contributed by atoms with van der Waals surface area (Å²) in [7, 11) is 0. The first-order valence-electron chi connectivity index (χ1n) is 7.34. The Morgan fingerprint density at radius 1 is 1.38 bits per heavy atom. The van der Waals surface area contributed by atoms with Crippen LogP contribution in [-0.4, -0.2) is 47.8 Å². The minimum atomic E-state index is -0.370. The maximum absolute atomic E-state index is 11.5. The highest BCUT2D eigenvalue weighted by atomic mass is 32.1. The van der Waals surface area contributed by atoms with Gasteiger partial charge in [0.15, 0.2) is 10.8 Å². The molecular weight excluding hydrogens is 290 g/mol. The largest absolute Gasteiger partial charge is 0.355 e. The van der Waals surface area contributed by atoms with Gasteiger partial charge in [-0.05, 0) is 26.3 Å². The Morgan fingerprint density at radius 2 is 2.19 bits per heavy atom. The fraction of sp³-hybridized carbons (Fsp3) is 0.643. The van der Waals surface area contributed by atoms with E-state index < -0.39 is 0 Å². The number of nitro groups is 1. The second-order valence-corrected chi connectivity index (χ2v) is 6.78. The zero-order valence-electron chi connectivity index (χ0n) is 12.1. The molecular formula is C14H19N3O3S. The molecule has 21 heavy (non-hydrogen) atoms. The third-order valence-electron chi connectivity index (χ3n) is 4.36. The Morgan fingerprint density at radius 3 is 2.90 bits per heavy atom. The van der Waals surface area contributed by atoms with Crippen molar-refractivity contribution in [2.24, 2.45) is 0 Å². The van der Waals surface area contributed by atoms with Crippen LogP contribution in [0.3, 0.4) is 0 Å². The third kappa shape index (κ3) is 2.80. The Labute approximate surface area is 127 Å². The van der Waals surface area contributed by atoms with Crippen molar-refractivity contribution in [2.45, 2.75) is 32.2 Å². The molecule has 0 amide bonds. The van der Waals surface area contributed by atoms with Crippen LogP contribution in [0.2, 0.25) is 0 Å². The number of piperidine rings is 1. The van der Waals surface area contributed by atoms with Gasteiger partial charge in [0.2, 0.25) is 0 Å². The lowest BCUT2D eigenvalue weighted by molar-refractivity contribution is -0.383. The molecule has 2 fully saturated rings. The molecule has 1 atom stereocenters. The average Bonchev–Trinajstić information content (AvgIpc) is 2.92. The maximum atomic E-state index is 11.5. The molecule has 1 aromatic heterocycles. The van der Waals surface area contributed by atoms with Crippen LogP contribution in [0.15, 0.2) is 6.07 Å². The molecule has 0 bridgehead atoms. The average molecular weight is 309 g/mol. The number of rotatable bonds is 3. The highest BCUT2D eigenvalue weighted by molar-refractivity contribution is 7.18. The van der Waals surface area contributed by atoms with Gasteiger partial charge in [-0.15, -0.1) is 11.3 Å². The molecule has 3 rings (SSSR count). The third-order valence-corrected chi connectivity index (χ3v) is 5.65. The van der Waals surface area contributed by atoms with Crippen molar-refractivity contribution in [1.29, 1.82) is 0 Å². The lowest BCUT2D eigenvalue weighted by Crippen LogP contribution is -2.54. The van der Waals surface area contributed by atoms with Gasteiger partial charge in [0.25, 0.3) is 0 Å². The van der Waals surface area contributed by atoms with Crippen LogP contribution in [-0.2, 0) is 0 Å². The minimum Gasteiger partial charge on any atom is -0.355 e. The van der Waals surface area contributed by atoms with Crippen molar-refractivity contribution in [3.63, 3.8) is 0 Å². The highest BCUT2D eigenvalue weighted by Gasteiger charge is 2.33. The van der Waals surface area contributed by atoms with Gasteiger partial charge in [-0.2, -0.15) is 0 Å². The first kappa shape index (κ1) is 14.5. The van der Waals surface area contributed by atoms with Crippen molar-refractivity contribution in [3.8, 4) is 0 Å². The number of nitrogens with zero attached hydrogens (tertiary/aromatic N) is 3. The van der Waals surface area contributed by atoms with Gasteiger partial charge in [0, 0.05) is 31.7 Å². The Kier molecular flexibility index (Phi) is 3.95. The number of piperazine rings is 1. The van der Waals surface area contributed by atoms with Gasteiger partial charge >= 0.3 is 5.69 Å². The van der Waals surface area contributed by atoms with Gasteiger partial charge in [-0.1, -0.05) is 6.42 Å². The molecule has 0 radical (unpaired) electrons. The zero-order valence-corrected chi connectivity index (χ0v) is 12.9. The summed E-state index contributed by atoms with van der Waals surface area (Å²) in [5, 5.41) is 11.9. The number of thiophene rings is 1. The van der Waals surface area contributed by atoms with Gasteiger partial charge in [0.1, 0.15) is 0 Å². The topological polar surface area (TPSA) is 66.7 Å². The smallest absolute Gasteiger partial charge is 0.304 e. The van der Waals surface area contributed by atoms with E-state index >= 15 is 0 Å². The van der Waals surface area contributed by atoms with E-state index in [0.717, 1.165) is 32.6 Å². The van der Waals surface area contributed by atoms with Crippen molar-refractivity contribution >= 4 is 27.8 Å². The Hall–Kier alpha value is -1.47. The SMILES string of the molecule is CC(=O)c1cc([N+](=O)[O-])c(N2CCN3CCCCC3C2)s1. The molecule has 0 aromatic carbocycles. The fourth-order valence-corrected chi connectivity index (χ4v) is 4.30. The van der Waals surface area contributed by atoms with Crippen LogP contribution in [0.25, 0.3) is 0 Å². The number of carbonyl (C=O) groups excluding carboxylic acids is 1. The summed E-state index contributed by atoms with van der Waals surface area (Å²) in [6.45, 7) is 5.19. The normalized spacial score (nSPS) is 22.9. The standard InChI is InChI=1S/C14H19N3O3S/c1-10(18)13-8-12(17(19)20)14(21-13)16-7-6-15-5-3-2-4-11(15)9-16/h8,11H,2-7,9H2,1H3. The number of hydrogen-bond acceptors (Lipinski definition) is 6. The lowest BCUT2D eigenvalue weighted by atomic mass is 10.00. The first-order chi connectivity index (χ1) is 10.1. The monoisotopic (exact) mass is 309 g/mol. The van der Waals surface area contributed by atoms with Crippen LogP contribution >= 0.6 is 11.3 Å². The number of anilines is 1. The van der Waals surface area contributed by atoms with Crippen LogP contribution in [0, 0.1) is 10.1 Å². The van der Waals surface area contributed by atoms with Crippen LogP contribution in [0.5, 0.6) is 0 Å². The molecule has 1 aromatic rings. The number of Topliss-reactive ketones (excluding diaryl/α,β-unsaturated/α-hetero) is 1. The summed E-state index contributed by atoms with van der Waals surface area (Å²) in [6, 6.07) is 1.92. The molecule has 1 unspecified atom stereocenters. The Balaban J connectivity index is 1.86. The van der Waals surface area contributed by atoms with Gasteiger partial charge in [-0.3, -0.25) is 19.8 Å². The second kappa shape index (κ2) is 5.73. The molecule has 2 saturated heterocycles. The molecule has 7 heteroatoms. The van der Waals surface area contributed by atoms with Crippen LogP contribution < -0.4 is 4.90 Å². The van der Waals surface area contributed by atoms with Crippen molar-refractivity contribution in [3.05, 3.63) is 21.1 Å². The number of fused-ring (bicyclic) bond motifs is 1. The predicted molar refractivity (Wildman–Crippen MR) is 82.4 cm³/mol.